The monoisotopic (exact) mass is 374 g/mol. The fourth-order valence-corrected chi connectivity index (χ4v) is 3.95. The lowest BCUT2D eigenvalue weighted by atomic mass is 10.2. The molecule has 25 heavy (non-hydrogen) atoms. The van der Waals surface area contributed by atoms with Gasteiger partial charge in [-0.15, -0.1) is 0 Å². The van der Waals surface area contributed by atoms with Gasteiger partial charge in [-0.05, 0) is 74.9 Å². The van der Waals surface area contributed by atoms with Crippen LogP contribution in [-0.2, 0) is 10.0 Å². The van der Waals surface area contributed by atoms with Gasteiger partial charge in [-0.1, -0.05) is 17.7 Å². The van der Waals surface area contributed by atoms with Crippen molar-refractivity contribution < 1.29 is 8.42 Å². The molecule has 0 bridgehead atoms. The number of halogens is 1. The molecule has 4 nitrogen and oxygen atoms in total. The van der Waals surface area contributed by atoms with Crippen molar-refractivity contribution in [2.45, 2.75) is 25.7 Å². The van der Waals surface area contributed by atoms with Crippen LogP contribution in [0.3, 0.4) is 0 Å². The zero-order chi connectivity index (χ0) is 18.2. The van der Waals surface area contributed by atoms with E-state index in [9.17, 15) is 8.42 Å². The smallest absolute Gasteiger partial charge is 0.261 e. The van der Waals surface area contributed by atoms with Crippen LogP contribution in [0.2, 0.25) is 5.02 Å². The molecule has 0 fully saturated rings. The molecule has 0 saturated carbocycles. The third-order valence-electron chi connectivity index (χ3n) is 4.10. The molecule has 0 atom stereocenters. The lowest BCUT2D eigenvalue weighted by Gasteiger charge is -2.12. The minimum Gasteiger partial charge on any atom is -0.319 e. The first kappa shape index (κ1) is 17.6. The van der Waals surface area contributed by atoms with Crippen molar-refractivity contribution in [3.05, 3.63) is 76.6 Å². The molecule has 0 aliphatic rings. The SMILES string of the molecule is Cc1ccc(NS(=O)(=O)c2ccc(-n3c(C)ccc3C)cc2)cc1Cl. The van der Waals surface area contributed by atoms with Crippen molar-refractivity contribution in [1.29, 1.82) is 0 Å². The second kappa shape index (κ2) is 6.58. The van der Waals surface area contributed by atoms with Crippen molar-refractivity contribution in [2.24, 2.45) is 0 Å². The van der Waals surface area contributed by atoms with Gasteiger partial charge >= 0.3 is 0 Å². The molecule has 130 valence electrons. The lowest BCUT2D eigenvalue weighted by molar-refractivity contribution is 0.601. The summed E-state index contributed by atoms with van der Waals surface area (Å²) in [5.74, 6) is 0. The molecular weight excluding hydrogens is 356 g/mol. The molecule has 0 aliphatic carbocycles. The molecule has 0 amide bonds. The van der Waals surface area contributed by atoms with Gasteiger partial charge in [0.05, 0.1) is 10.6 Å². The molecule has 0 saturated heterocycles. The Morgan fingerprint density at radius 3 is 2.04 bits per heavy atom. The Kier molecular flexibility index (Phi) is 4.62. The summed E-state index contributed by atoms with van der Waals surface area (Å²) in [5.41, 5.74) is 4.46. The molecule has 3 aromatic rings. The summed E-state index contributed by atoms with van der Waals surface area (Å²) in [5, 5.41) is 0.522. The Balaban J connectivity index is 1.89. The first-order valence-electron chi connectivity index (χ1n) is 7.82. The molecular formula is C19H19ClN2O2S. The first-order valence-corrected chi connectivity index (χ1v) is 9.68. The second-order valence-electron chi connectivity index (χ2n) is 6.01. The Bertz CT molecular complexity index is 1000. The molecule has 0 aliphatic heterocycles. The third kappa shape index (κ3) is 3.57. The summed E-state index contributed by atoms with van der Waals surface area (Å²) in [4.78, 5) is 0.204. The van der Waals surface area contributed by atoms with E-state index in [1.165, 1.54) is 0 Å². The predicted octanol–water partition coefficient (Wildman–Crippen LogP) is 4.86. The number of benzene rings is 2. The number of nitrogens with zero attached hydrogens (tertiary/aromatic N) is 1. The Morgan fingerprint density at radius 2 is 1.48 bits per heavy atom. The van der Waals surface area contributed by atoms with Crippen LogP contribution in [0, 0.1) is 20.8 Å². The van der Waals surface area contributed by atoms with Crippen molar-refractivity contribution in [2.75, 3.05) is 4.72 Å². The summed E-state index contributed by atoms with van der Waals surface area (Å²) < 4.78 is 29.8. The van der Waals surface area contributed by atoms with Crippen molar-refractivity contribution in [1.82, 2.24) is 4.57 Å². The van der Waals surface area contributed by atoms with Gasteiger partial charge in [-0.25, -0.2) is 8.42 Å². The van der Waals surface area contributed by atoms with Crippen LogP contribution in [0.4, 0.5) is 5.69 Å². The zero-order valence-corrected chi connectivity index (χ0v) is 15.8. The zero-order valence-electron chi connectivity index (χ0n) is 14.2. The van der Waals surface area contributed by atoms with Gasteiger partial charge in [0.15, 0.2) is 0 Å². The average molecular weight is 375 g/mol. The van der Waals surface area contributed by atoms with Crippen molar-refractivity contribution in [3.63, 3.8) is 0 Å². The maximum Gasteiger partial charge on any atom is 0.261 e. The van der Waals surface area contributed by atoms with E-state index in [0.717, 1.165) is 22.6 Å². The molecule has 6 heteroatoms. The Hall–Kier alpha value is -2.24. The van der Waals surface area contributed by atoms with Gasteiger partial charge in [0.1, 0.15) is 0 Å². The predicted molar refractivity (Wildman–Crippen MR) is 102 cm³/mol. The normalized spacial score (nSPS) is 11.5. The van der Waals surface area contributed by atoms with Gasteiger partial charge < -0.3 is 4.57 Å². The standard InChI is InChI=1S/C19H19ClN2O2S/c1-13-4-7-16(12-19(13)20)21-25(23,24)18-10-8-17(9-11-18)22-14(2)5-6-15(22)3/h4-12,21H,1-3H3. The molecule has 0 unspecified atom stereocenters. The van der Waals surface area contributed by atoms with E-state index < -0.39 is 10.0 Å². The number of hydrogen-bond donors (Lipinski definition) is 1. The van der Waals surface area contributed by atoms with E-state index in [1.807, 2.05) is 32.9 Å². The summed E-state index contributed by atoms with van der Waals surface area (Å²) in [6.45, 7) is 5.89. The van der Waals surface area contributed by atoms with Crippen LogP contribution in [0.25, 0.3) is 5.69 Å². The van der Waals surface area contributed by atoms with Crippen LogP contribution in [0.5, 0.6) is 0 Å². The van der Waals surface area contributed by atoms with E-state index in [0.29, 0.717) is 10.7 Å². The highest BCUT2D eigenvalue weighted by Gasteiger charge is 2.15. The van der Waals surface area contributed by atoms with E-state index >= 15 is 0 Å². The summed E-state index contributed by atoms with van der Waals surface area (Å²) in [6.07, 6.45) is 0. The first-order chi connectivity index (χ1) is 11.8. The average Bonchev–Trinajstić information content (AvgIpc) is 2.90. The van der Waals surface area contributed by atoms with Crippen LogP contribution in [0.1, 0.15) is 17.0 Å². The Labute approximate surface area is 153 Å². The van der Waals surface area contributed by atoms with E-state index in [-0.39, 0.29) is 4.90 Å². The summed E-state index contributed by atoms with van der Waals surface area (Å²) in [7, 11) is -3.67. The highest BCUT2D eigenvalue weighted by molar-refractivity contribution is 7.92. The maximum absolute atomic E-state index is 12.6. The topological polar surface area (TPSA) is 51.1 Å². The lowest BCUT2D eigenvalue weighted by Crippen LogP contribution is -2.13. The van der Waals surface area contributed by atoms with Gasteiger partial charge in [-0.2, -0.15) is 0 Å². The largest absolute Gasteiger partial charge is 0.319 e. The van der Waals surface area contributed by atoms with Crippen LogP contribution in [-0.4, -0.2) is 13.0 Å². The van der Waals surface area contributed by atoms with E-state index in [4.69, 9.17) is 11.6 Å². The minimum atomic E-state index is -3.67. The van der Waals surface area contributed by atoms with Crippen molar-refractivity contribution >= 4 is 27.3 Å². The Morgan fingerprint density at radius 1 is 0.880 bits per heavy atom. The highest BCUT2D eigenvalue weighted by atomic mass is 35.5. The number of nitrogens with one attached hydrogen (secondary N) is 1. The van der Waals surface area contributed by atoms with Gasteiger partial charge in [0.2, 0.25) is 0 Å². The van der Waals surface area contributed by atoms with E-state index in [1.54, 1.807) is 42.5 Å². The van der Waals surface area contributed by atoms with Gasteiger partial charge in [0.25, 0.3) is 10.0 Å². The molecule has 0 radical (unpaired) electrons. The second-order valence-corrected chi connectivity index (χ2v) is 8.10. The summed E-state index contributed by atoms with van der Waals surface area (Å²) in [6, 6.07) is 16.0. The third-order valence-corrected chi connectivity index (χ3v) is 5.90. The molecule has 1 aromatic heterocycles. The van der Waals surface area contributed by atoms with Crippen LogP contribution in [0.15, 0.2) is 59.5 Å². The van der Waals surface area contributed by atoms with Crippen molar-refractivity contribution in [3.8, 4) is 5.69 Å². The van der Waals surface area contributed by atoms with Gasteiger partial charge in [-0.3, -0.25) is 4.72 Å². The molecule has 0 spiro atoms. The van der Waals surface area contributed by atoms with Gasteiger partial charge in [0, 0.05) is 22.1 Å². The highest BCUT2D eigenvalue weighted by Crippen LogP contribution is 2.24. The number of aryl methyl sites for hydroxylation is 3. The number of anilines is 1. The minimum absolute atomic E-state index is 0.204. The molecule has 1 N–H and O–H groups in total. The fraction of sp³-hybridized carbons (Fsp3) is 0.158. The van der Waals surface area contributed by atoms with E-state index in [2.05, 4.69) is 9.29 Å². The fourth-order valence-electron chi connectivity index (χ4n) is 2.72. The maximum atomic E-state index is 12.6. The van der Waals surface area contributed by atoms with Crippen LogP contribution < -0.4 is 4.72 Å². The number of sulfonamides is 1. The number of rotatable bonds is 4. The van der Waals surface area contributed by atoms with Crippen LogP contribution >= 0.6 is 11.6 Å². The quantitative estimate of drug-likeness (QED) is 0.709. The molecule has 1 heterocycles. The summed E-state index contributed by atoms with van der Waals surface area (Å²) >= 11 is 6.06. The number of aromatic nitrogens is 1. The number of hydrogen-bond acceptors (Lipinski definition) is 2. The molecule has 2 aromatic carbocycles. The molecule has 3 rings (SSSR count).